The van der Waals surface area contributed by atoms with Crippen LogP contribution in [0.4, 0.5) is 0 Å². The second-order valence-electron chi connectivity index (χ2n) is 5.83. The Morgan fingerprint density at radius 2 is 1.60 bits per heavy atom. The molecule has 0 aromatic heterocycles. The van der Waals surface area contributed by atoms with E-state index >= 15 is 0 Å². The summed E-state index contributed by atoms with van der Waals surface area (Å²) in [6.45, 7) is 0. The zero-order valence-electron chi connectivity index (χ0n) is 11.1. The SMILES string of the molecule is C1=C2C=C3c4ccccc4CC3C=C2c2ccccc21. The van der Waals surface area contributed by atoms with Gasteiger partial charge in [0.25, 0.3) is 0 Å². The van der Waals surface area contributed by atoms with Crippen molar-refractivity contribution in [1.82, 2.24) is 0 Å². The van der Waals surface area contributed by atoms with Crippen LogP contribution >= 0.6 is 0 Å². The fourth-order valence-electron chi connectivity index (χ4n) is 3.80. The first-order valence-corrected chi connectivity index (χ1v) is 7.23. The minimum absolute atomic E-state index is 0.561. The highest BCUT2D eigenvalue weighted by molar-refractivity contribution is 6.02. The van der Waals surface area contributed by atoms with Crippen LogP contribution in [0.3, 0.4) is 0 Å². The van der Waals surface area contributed by atoms with Crippen molar-refractivity contribution in [3.63, 3.8) is 0 Å². The topological polar surface area (TPSA) is 0 Å². The molecule has 2 aromatic carbocycles. The van der Waals surface area contributed by atoms with Gasteiger partial charge in [-0.25, -0.2) is 0 Å². The van der Waals surface area contributed by atoms with Gasteiger partial charge in [-0.2, -0.15) is 0 Å². The van der Waals surface area contributed by atoms with Gasteiger partial charge in [0.05, 0.1) is 0 Å². The predicted molar refractivity (Wildman–Crippen MR) is 84.0 cm³/mol. The summed E-state index contributed by atoms with van der Waals surface area (Å²) in [6.07, 6.45) is 8.37. The van der Waals surface area contributed by atoms with E-state index in [1.54, 1.807) is 0 Å². The Hall–Kier alpha value is -2.34. The molecule has 1 unspecified atom stereocenters. The first-order valence-electron chi connectivity index (χ1n) is 7.23. The molecule has 0 saturated heterocycles. The molecule has 0 radical (unpaired) electrons. The standard InChI is InChI=1S/C20H14/c1-3-7-17-13(5-1)9-15-11-20-16(12-19(15)17)10-14-6-2-4-8-18(14)20/h1-9,11-12,16H,10H2. The summed E-state index contributed by atoms with van der Waals surface area (Å²) >= 11 is 0. The first-order chi connectivity index (χ1) is 9.90. The number of hydrogen-bond donors (Lipinski definition) is 0. The summed E-state index contributed by atoms with van der Waals surface area (Å²) in [5.41, 5.74) is 10.0. The minimum Gasteiger partial charge on any atom is -0.0682 e. The average Bonchev–Trinajstić information content (AvgIpc) is 3.02. The quantitative estimate of drug-likeness (QED) is 0.637. The Kier molecular flexibility index (Phi) is 1.88. The Balaban J connectivity index is 1.71. The van der Waals surface area contributed by atoms with Crippen LogP contribution in [-0.4, -0.2) is 0 Å². The van der Waals surface area contributed by atoms with E-state index in [9.17, 15) is 0 Å². The lowest BCUT2D eigenvalue weighted by atomic mass is 9.86. The van der Waals surface area contributed by atoms with E-state index in [-0.39, 0.29) is 0 Å². The Morgan fingerprint density at radius 3 is 2.55 bits per heavy atom. The van der Waals surface area contributed by atoms with Gasteiger partial charge in [-0.3, -0.25) is 0 Å². The molecule has 3 aliphatic carbocycles. The maximum atomic E-state index is 2.48. The number of rotatable bonds is 0. The maximum Gasteiger partial charge on any atom is 0.00742 e. The maximum absolute atomic E-state index is 2.48. The molecule has 0 aliphatic heterocycles. The van der Waals surface area contributed by atoms with Crippen LogP contribution in [0, 0.1) is 5.92 Å². The molecule has 5 rings (SSSR count). The molecule has 0 N–H and O–H groups in total. The fourth-order valence-corrected chi connectivity index (χ4v) is 3.80. The van der Waals surface area contributed by atoms with E-state index < -0.39 is 0 Å². The van der Waals surface area contributed by atoms with Crippen LogP contribution in [0.25, 0.3) is 17.2 Å². The lowest BCUT2D eigenvalue weighted by Crippen LogP contribution is -2.01. The normalized spacial score (nSPS) is 21.2. The third kappa shape index (κ3) is 1.26. The molecule has 0 fully saturated rings. The van der Waals surface area contributed by atoms with Crippen molar-refractivity contribution in [3.8, 4) is 0 Å². The van der Waals surface area contributed by atoms with Crippen LogP contribution in [0.1, 0.15) is 22.3 Å². The van der Waals surface area contributed by atoms with Crippen molar-refractivity contribution in [2.75, 3.05) is 0 Å². The highest BCUT2D eigenvalue weighted by atomic mass is 14.3. The number of fused-ring (bicyclic) bond motifs is 6. The molecule has 1 atom stereocenters. The first kappa shape index (κ1) is 10.4. The molecular weight excluding hydrogens is 240 g/mol. The van der Waals surface area contributed by atoms with E-state index in [0.29, 0.717) is 5.92 Å². The number of allylic oxidation sites excluding steroid dienone is 5. The Morgan fingerprint density at radius 1 is 0.800 bits per heavy atom. The molecular formula is C20H14. The van der Waals surface area contributed by atoms with Crippen LogP contribution in [0.2, 0.25) is 0 Å². The molecule has 2 aromatic rings. The molecule has 0 heteroatoms. The Bertz CT molecular complexity index is 831. The summed E-state index contributed by atoms with van der Waals surface area (Å²) in [6, 6.07) is 17.6. The molecule has 94 valence electrons. The lowest BCUT2D eigenvalue weighted by molar-refractivity contribution is 0.867. The van der Waals surface area contributed by atoms with Gasteiger partial charge in [-0.05, 0) is 57.5 Å². The van der Waals surface area contributed by atoms with E-state index in [0.717, 1.165) is 6.42 Å². The Labute approximate surface area is 118 Å². The third-order valence-corrected chi connectivity index (χ3v) is 4.72. The second-order valence-corrected chi connectivity index (χ2v) is 5.83. The van der Waals surface area contributed by atoms with Crippen LogP contribution in [0.5, 0.6) is 0 Å². The molecule has 0 saturated carbocycles. The van der Waals surface area contributed by atoms with Crippen LogP contribution in [-0.2, 0) is 6.42 Å². The molecule has 3 aliphatic rings. The van der Waals surface area contributed by atoms with E-state index in [1.165, 1.54) is 39.0 Å². The number of benzene rings is 2. The molecule has 0 heterocycles. The molecule has 20 heavy (non-hydrogen) atoms. The van der Waals surface area contributed by atoms with E-state index in [4.69, 9.17) is 0 Å². The van der Waals surface area contributed by atoms with Crippen molar-refractivity contribution in [2.24, 2.45) is 5.92 Å². The van der Waals surface area contributed by atoms with Gasteiger partial charge in [0.2, 0.25) is 0 Å². The van der Waals surface area contributed by atoms with Crippen molar-refractivity contribution in [2.45, 2.75) is 6.42 Å². The summed E-state index contributed by atoms with van der Waals surface area (Å²) in [5.74, 6) is 0.561. The zero-order chi connectivity index (χ0) is 13.1. The van der Waals surface area contributed by atoms with Gasteiger partial charge in [0.15, 0.2) is 0 Å². The molecule has 0 amide bonds. The van der Waals surface area contributed by atoms with Crippen LogP contribution < -0.4 is 0 Å². The largest absolute Gasteiger partial charge is 0.0682 e. The number of hydrogen-bond acceptors (Lipinski definition) is 0. The van der Waals surface area contributed by atoms with Crippen LogP contribution in [0.15, 0.2) is 66.3 Å². The van der Waals surface area contributed by atoms with E-state index in [1.807, 2.05) is 0 Å². The van der Waals surface area contributed by atoms with E-state index in [2.05, 4.69) is 66.8 Å². The van der Waals surface area contributed by atoms with Crippen molar-refractivity contribution in [1.29, 1.82) is 0 Å². The monoisotopic (exact) mass is 254 g/mol. The highest BCUT2D eigenvalue weighted by Gasteiger charge is 2.31. The fraction of sp³-hybridized carbons (Fsp3) is 0.100. The van der Waals surface area contributed by atoms with Gasteiger partial charge in [0, 0.05) is 5.92 Å². The summed E-state index contributed by atoms with van der Waals surface area (Å²) in [5, 5.41) is 0. The van der Waals surface area contributed by atoms with Crippen molar-refractivity contribution < 1.29 is 0 Å². The van der Waals surface area contributed by atoms with Gasteiger partial charge in [-0.15, -0.1) is 0 Å². The van der Waals surface area contributed by atoms with Gasteiger partial charge in [0.1, 0.15) is 0 Å². The molecule has 0 bridgehead atoms. The van der Waals surface area contributed by atoms with Crippen molar-refractivity contribution in [3.05, 3.63) is 88.5 Å². The average molecular weight is 254 g/mol. The highest BCUT2D eigenvalue weighted by Crippen LogP contribution is 2.48. The lowest BCUT2D eigenvalue weighted by Gasteiger charge is -2.17. The van der Waals surface area contributed by atoms with Gasteiger partial charge in [-0.1, -0.05) is 54.6 Å². The van der Waals surface area contributed by atoms with Crippen molar-refractivity contribution >= 4 is 17.2 Å². The summed E-state index contributed by atoms with van der Waals surface area (Å²) in [4.78, 5) is 0. The smallest absolute Gasteiger partial charge is 0.00742 e. The summed E-state index contributed by atoms with van der Waals surface area (Å²) < 4.78 is 0. The van der Waals surface area contributed by atoms with Gasteiger partial charge >= 0.3 is 0 Å². The third-order valence-electron chi connectivity index (χ3n) is 4.72. The predicted octanol–water partition coefficient (Wildman–Crippen LogP) is 4.74. The second kappa shape index (κ2) is 3.61. The minimum atomic E-state index is 0.561. The zero-order valence-corrected chi connectivity index (χ0v) is 11.1. The van der Waals surface area contributed by atoms with Gasteiger partial charge < -0.3 is 0 Å². The molecule has 0 spiro atoms. The molecule has 0 nitrogen and oxygen atoms in total. The summed E-state index contributed by atoms with van der Waals surface area (Å²) in [7, 11) is 0.